The molecule has 16 heavy (non-hydrogen) atoms. The number of methoxy groups -OCH3 is 1. The van der Waals surface area contributed by atoms with Crippen LogP contribution in [-0.2, 0) is 0 Å². The van der Waals surface area contributed by atoms with Crippen molar-refractivity contribution in [3.63, 3.8) is 0 Å². The van der Waals surface area contributed by atoms with Gasteiger partial charge >= 0.3 is 0 Å². The number of ether oxygens (including phenoxy) is 1. The highest BCUT2D eigenvalue weighted by molar-refractivity contribution is 6.31. The Balaban J connectivity index is 2.58. The maximum Gasteiger partial charge on any atom is 0.129 e. The highest BCUT2D eigenvalue weighted by Gasteiger charge is 2.08. The highest BCUT2D eigenvalue weighted by Crippen LogP contribution is 2.31. The van der Waals surface area contributed by atoms with Gasteiger partial charge in [-0.1, -0.05) is 29.3 Å². The topological polar surface area (TPSA) is 22.1 Å². The van der Waals surface area contributed by atoms with E-state index in [4.69, 9.17) is 27.9 Å². The van der Waals surface area contributed by atoms with Gasteiger partial charge < -0.3 is 4.74 Å². The monoisotopic (exact) mass is 253 g/mol. The van der Waals surface area contributed by atoms with Crippen LogP contribution in [0, 0.1) is 0 Å². The molecule has 0 spiro atoms. The maximum atomic E-state index is 5.95. The van der Waals surface area contributed by atoms with Gasteiger partial charge in [0.2, 0.25) is 0 Å². The summed E-state index contributed by atoms with van der Waals surface area (Å²) in [6.07, 6.45) is 0. The zero-order valence-corrected chi connectivity index (χ0v) is 10.1. The van der Waals surface area contributed by atoms with Gasteiger partial charge in [-0.25, -0.2) is 4.98 Å². The Morgan fingerprint density at radius 3 is 2.62 bits per heavy atom. The molecular weight excluding hydrogens is 245 g/mol. The van der Waals surface area contributed by atoms with Crippen molar-refractivity contribution in [2.45, 2.75) is 0 Å². The standard InChI is InChI=1S/C12H9Cl2NO/c1-16-11-6-5-8(13)7-9(11)10-3-2-4-12(14)15-10/h2-7H,1H3. The summed E-state index contributed by atoms with van der Waals surface area (Å²) >= 11 is 11.8. The van der Waals surface area contributed by atoms with Gasteiger partial charge in [0.05, 0.1) is 12.8 Å². The average molecular weight is 254 g/mol. The Bertz CT molecular complexity index is 514. The van der Waals surface area contributed by atoms with Crippen LogP contribution in [0.25, 0.3) is 11.3 Å². The van der Waals surface area contributed by atoms with E-state index in [0.29, 0.717) is 10.2 Å². The minimum Gasteiger partial charge on any atom is -0.496 e. The lowest BCUT2D eigenvalue weighted by molar-refractivity contribution is 0.416. The lowest BCUT2D eigenvalue weighted by Gasteiger charge is -2.08. The van der Waals surface area contributed by atoms with Crippen molar-refractivity contribution >= 4 is 23.2 Å². The fraction of sp³-hybridized carbons (Fsp3) is 0.0833. The molecule has 0 bridgehead atoms. The summed E-state index contributed by atoms with van der Waals surface area (Å²) in [5, 5.41) is 1.08. The van der Waals surface area contributed by atoms with Crippen LogP contribution in [0.3, 0.4) is 0 Å². The van der Waals surface area contributed by atoms with E-state index in [9.17, 15) is 0 Å². The summed E-state index contributed by atoms with van der Waals surface area (Å²) in [6, 6.07) is 10.8. The molecule has 0 radical (unpaired) electrons. The third-order valence-electron chi connectivity index (χ3n) is 2.15. The van der Waals surface area contributed by atoms with E-state index in [-0.39, 0.29) is 0 Å². The van der Waals surface area contributed by atoms with Crippen molar-refractivity contribution < 1.29 is 4.74 Å². The Hall–Kier alpha value is -1.25. The summed E-state index contributed by atoms with van der Waals surface area (Å²) < 4.78 is 5.25. The molecule has 0 aliphatic carbocycles. The van der Waals surface area contributed by atoms with Crippen molar-refractivity contribution in [2.75, 3.05) is 7.11 Å². The van der Waals surface area contributed by atoms with Crippen LogP contribution in [0.2, 0.25) is 10.2 Å². The number of nitrogens with zero attached hydrogens (tertiary/aromatic N) is 1. The molecule has 0 unspecified atom stereocenters. The second-order valence-electron chi connectivity index (χ2n) is 3.19. The molecule has 1 aromatic carbocycles. The molecule has 0 saturated carbocycles. The second kappa shape index (κ2) is 4.73. The average Bonchev–Trinajstić information content (AvgIpc) is 2.29. The van der Waals surface area contributed by atoms with Gasteiger partial charge in [0, 0.05) is 10.6 Å². The lowest BCUT2D eigenvalue weighted by Crippen LogP contribution is -1.90. The molecule has 0 aliphatic rings. The number of benzene rings is 1. The van der Waals surface area contributed by atoms with Crippen molar-refractivity contribution in [1.29, 1.82) is 0 Å². The van der Waals surface area contributed by atoms with Gasteiger partial charge in [-0.3, -0.25) is 0 Å². The van der Waals surface area contributed by atoms with E-state index >= 15 is 0 Å². The van der Waals surface area contributed by atoms with Crippen molar-refractivity contribution in [3.05, 3.63) is 46.6 Å². The quantitative estimate of drug-likeness (QED) is 0.754. The van der Waals surface area contributed by atoms with Crippen LogP contribution in [0.15, 0.2) is 36.4 Å². The van der Waals surface area contributed by atoms with E-state index < -0.39 is 0 Å². The minimum atomic E-state index is 0.444. The molecule has 0 amide bonds. The van der Waals surface area contributed by atoms with Crippen molar-refractivity contribution in [2.24, 2.45) is 0 Å². The van der Waals surface area contributed by atoms with E-state index in [1.54, 1.807) is 31.4 Å². The summed E-state index contributed by atoms with van der Waals surface area (Å²) in [6.45, 7) is 0. The van der Waals surface area contributed by atoms with Gasteiger partial charge in [-0.2, -0.15) is 0 Å². The first kappa shape index (κ1) is 11.2. The summed E-state index contributed by atoms with van der Waals surface area (Å²) in [5.41, 5.74) is 1.57. The SMILES string of the molecule is COc1ccc(Cl)cc1-c1cccc(Cl)n1. The largest absolute Gasteiger partial charge is 0.496 e. The first-order valence-corrected chi connectivity index (χ1v) is 5.43. The first-order chi connectivity index (χ1) is 7.70. The molecule has 2 rings (SSSR count). The summed E-state index contributed by atoms with van der Waals surface area (Å²) in [7, 11) is 1.61. The van der Waals surface area contributed by atoms with E-state index in [1.165, 1.54) is 0 Å². The van der Waals surface area contributed by atoms with Gasteiger partial charge in [0.15, 0.2) is 0 Å². The molecule has 0 saturated heterocycles. The molecule has 2 aromatic rings. The molecule has 2 nitrogen and oxygen atoms in total. The first-order valence-electron chi connectivity index (χ1n) is 4.67. The summed E-state index contributed by atoms with van der Waals surface area (Å²) in [4.78, 5) is 4.22. The molecule has 1 aromatic heterocycles. The Labute approximate surface area is 104 Å². The molecule has 82 valence electrons. The van der Waals surface area contributed by atoms with Crippen LogP contribution in [0.5, 0.6) is 5.75 Å². The number of pyridine rings is 1. The van der Waals surface area contributed by atoms with Crippen LogP contribution in [-0.4, -0.2) is 12.1 Å². The van der Waals surface area contributed by atoms with Crippen LogP contribution in [0.1, 0.15) is 0 Å². The Morgan fingerprint density at radius 2 is 1.94 bits per heavy atom. The Morgan fingerprint density at radius 1 is 1.12 bits per heavy atom. The van der Waals surface area contributed by atoms with Crippen LogP contribution >= 0.6 is 23.2 Å². The number of rotatable bonds is 2. The normalized spacial score (nSPS) is 10.2. The fourth-order valence-electron chi connectivity index (χ4n) is 1.44. The van der Waals surface area contributed by atoms with Crippen LogP contribution in [0.4, 0.5) is 0 Å². The predicted octanol–water partition coefficient (Wildman–Crippen LogP) is 4.06. The fourth-order valence-corrected chi connectivity index (χ4v) is 1.77. The number of aromatic nitrogens is 1. The van der Waals surface area contributed by atoms with E-state index in [2.05, 4.69) is 4.98 Å². The van der Waals surface area contributed by atoms with Gasteiger partial charge in [-0.05, 0) is 30.3 Å². The van der Waals surface area contributed by atoms with Crippen molar-refractivity contribution in [3.8, 4) is 17.0 Å². The second-order valence-corrected chi connectivity index (χ2v) is 4.01. The molecule has 0 aliphatic heterocycles. The zero-order chi connectivity index (χ0) is 11.5. The Kier molecular flexibility index (Phi) is 3.32. The van der Waals surface area contributed by atoms with Gasteiger partial charge in [0.25, 0.3) is 0 Å². The number of hydrogen-bond donors (Lipinski definition) is 0. The van der Waals surface area contributed by atoms with Gasteiger partial charge in [0.1, 0.15) is 10.9 Å². The lowest BCUT2D eigenvalue weighted by atomic mass is 10.1. The molecule has 1 heterocycles. The third-order valence-corrected chi connectivity index (χ3v) is 2.60. The smallest absolute Gasteiger partial charge is 0.129 e. The van der Waals surface area contributed by atoms with E-state index in [1.807, 2.05) is 12.1 Å². The minimum absolute atomic E-state index is 0.444. The molecule has 4 heteroatoms. The van der Waals surface area contributed by atoms with Gasteiger partial charge in [-0.15, -0.1) is 0 Å². The molecule has 0 N–H and O–H groups in total. The molecular formula is C12H9Cl2NO. The number of hydrogen-bond acceptors (Lipinski definition) is 2. The van der Waals surface area contributed by atoms with E-state index in [0.717, 1.165) is 17.0 Å². The summed E-state index contributed by atoms with van der Waals surface area (Å²) in [5.74, 6) is 0.721. The third kappa shape index (κ3) is 2.29. The zero-order valence-electron chi connectivity index (χ0n) is 8.58. The van der Waals surface area contributed by atoms with Crippen molar-refractivity contribution in [1.82, 2.24) is 4.98 Å². The van der Waals surface area contributed by atoms with Crippen LogP contribution < -0.4 is 4.74 Å². The highest BCUT2D eigenvalue weighted by atomic mass is 35.5. The maximum absolute atomic E-state index is 5.95. The molecule has 0 atom stereocenters. The molecule has 0 fully saturated rings. The number of halogens is 2. The predicted molar refractivity (Wildman–Crippen MR) is 66.2 cm³/mol.